The summed E-state index contributed by atoms with van der Waals surface area (Å²) in [5.74, 6) is 0.857. The van der Waals surface area contributed by atoms with E-state index in [-0.39, 0.29) is 0 Å². The van der Waals surface area contributed by atoms with Crippen molar-refractivity contribution in [3.63, 3.8) is 0 Å². The molecule has 4 aliphatic rings. The van der Waals surface area contributed by atoms with Crippen molar-refractivity contribution in [1.82, 2.24) is 14.8 Å². The van der Waals surface area contributed by atoms with E-state index >= 15 is 0 Å². The predicted molar refractivity (Wildman–Crippen MR) is 89.6 cm³/mol. The molecule has 2 bridgehead atoms. The molecule has 1 aromatic heterocycles. The van der Waals surface area contributed by atoms with Gasteiger partial charge in [0.1, 0.15) is 0 Å². The fraction of sp³-hybridized carbons (Fsp3) is 0.812. The molecule has 6 heteroatoms. The van der Waals surface area contributed by atoms with Crippen LogP contribution in [0, 0.1) is 5.92 Å². The Labute approximate surface area is 136 Å². The Balaban J connectivity index is 1.42. The fourth-order valence-corrected chi connectivity index (χ4v) is 5.07. The van der Waals surface area contributed by atoms with Crippen LogP contribution in [0.4, 0.5) is 5.13 Å². The van der Waals surface area contributed by atoms with Gasteiger partial charge in [-0.3, -0.25) is 4.90 Å². The summed E-state index contributed by atoms with van der Waals surface area (Å²) >= 11 is 1.87. The minimum absolute atomic E-state index is 0.734. The molecule has 0 aliphatic carbocycles. The number of thiazole rings is 1. The maximum absolute atomic E-state index is 5.43. The van der Waals surface area contributed by atoms with Gasteiger partial charge in [-0.15, -0.1) is 11.3 Å². The van der Waals surface area contributed by atoms with Crippen LogP contribution >= 0.6 is 11.3 Å². The van der Waals surface area contributed by atoms with Crippen molar-refractivity contribution in [1.29, 1.82) is 0 Å². The summed E-state index contributed by atoms with van der Waals surface area (Å²) in [5.41, 5.74) is 0. The van der Waals surface area contributed by atoms with Crippen molar-refractivity contribution in [2.45, 2.75) is 25.4 Å². The van der Waals surface area contributed by atoms with Crippen molar-refractivity contribution in [2.24, 2.45) is 5.92 Å². The first-order valence-corrected chi connectivity index (χ1v) is 9.29. The second-order valence-electron chi connectivity index (χ2n) is 6.96. The van der Waals surface area contributed by atoms with Gasteiger partial charge in [0.05, 0.1) is 13.2 Å². The highest BCUT2D eigenvalue weighted by atomic mass is 32.1. The largest absolute Gasteiger partial charge is 0.378 e. The number of hydrogen-bond donors (Lipinski definition) is 0. The van der Waals surface area contributed by atoms with E-state index in [2.05, 4.69) is 32.9 Å². The number of anilines is 1. The molecule has 0 radical (unpaired) electrons. The Morgan fingerprint density at radius 2 is 2.09 bits per heavy atom. The second-order valence-corrected chi connectivity index (χ2v) is 8.05. The summed E-state index contributed by atoms with van der Waals surface area (Å²) in [5, 5.41) is 1.18. The van der Waals surface area contributed by atoms with Gasteiger partial charge in [0.15, 0.2) is 5.13 Å². The summed E-state index contributed by atoms with van der Waals surface area (Å²) in [6.45, 7) is 8.46. The van der Waals surface area contributed by atoms with Crippen LogP contribution in [-0.4, -0.2) is 73.8 Å². The highest BCUT2D eigenvalue weighted by Gasteiger charge is 2.33. The molecular formula is C16H26N4OS. The first-order valence-electron chi connectivity index (χ1n) is 8.48. The SMILES string of the molecule is CN1C[C@@H]2CC[C@H](C1)N(Cc1cnc(N3CCOCC3)s1)C2. The molecule has 122 valence electrons. The van der Waals surface area contributed by atoms with E-state index in [1.54, 1.807) is 0 Å². The highest BCUT2D eigenvalue weighted by Crippen LogP contribution is 2.31. The molecule has 5 heterocycles. The van der Waals surface area contributed by atoms with Crippen molar-refractivity contribution < 1.29 is 4.74 Å². The first-order chi connectivity index (χ1) is 10.8. The van der Waals surface area contributed by atoms with E-state index < -0.39 is 0 Å². The molecule has 0 spiro atoms. The third kappa shape index (κ3) is 3.15. The van der Waals surface area contributed by atoms with Gasteiger partial charge in [-0.1, -0.05) is 0 Å². The number of hydrogen-bond acceptors (Lipinski definition) is 6. The number of rotatable bonds is 3. The lowest BCUT2D eigenvalue weighted by molar-refractivity contribution is 0.122. The summed E-state index contributed by atoms with van der Waals surface area (Å²) < 4.78 is 5.43. The number of fused-ring (bicyclic) bond motifs is 4. The number of nitrogens with zero attached hydrogens (tertiary/aromatic N) is 4. The van der Waals surface area contributed by atoms with Gasteiger partial charge in [-0.2, -0.15) is 0 Å². The normalized spacial score (nSPS) is 30.7. The second kappa shape index (κ2) is 6.43. The molecule has 0 amide bonds. The number of piperidine rings is 1. The van der Waals surface area contributed by atoms with Crippen LogP contribution in [0.1, 0.15) is 17.7 Å². The van der Waals surface area contributed by atoms with Gasteiger partial charge < -0.3 is 14.5 Å². The number of ether oxygens (including phenoxy) is 1. The van der Waals surface area contributed by atoms with Crippen molar-refractivity contribution in [2.75, 3.05) is 57.9 Å². The minimum atomic E-state index is 0.734. The molecule has 0 unspecified atom stereocenters. The highest BCUT2D eigenvalue weighted by molar-refractivity contribution is 7.15. The number of aromatic nitrogens is 1. The van der Waals surface area contributed by atoms with Crippen LogP contribution < -0.4 is 4.90 Å². The first kappa shape index (κ1) is 14.9. The standard InChI is InChI=1S/C16H26N4OS/c1-18-9-13-2-3-14(11-18)20(10-13)12-15-8-17-16(22-15)19-4-6-21-7-5-19/h8,13-14H,2-7,9-12H2,1H3/t13-,14+/m0/s1. The number of likely N-dealkylation sites (N-methyl/N-ethyl adjacent to an activating group) is 1. The van der Waals surface area contributed by atoms with E-state index in [0.29, 0.717) is 0 Å². The lowest BCUT2D eigenvalue weighted by atomic mass is 9.95. The average molecular weight is 322 g/mol. The Hall–Kier alpha value is -0.690. The third-order valence-electron chi connectivity index (χ3n) is 5.19. The molecule has 5 rings (SSSR count). The monoisotopic (exact) mass is 322 g/mol. The quantitative estimate of drug-likeness (QED) is 0.842. The molecule has 4 saturated heterocycles. The van der Waals surface area contributed by atoms with Crippen molar-refractivity contribution in [3.8, 4) is 0 Å². The molecule has 4 aliphatic heterocycles. The molecule has 5 nitrogen and oxygen atoms in total. The molecule has 0 saturated carbocycles. The lowest BCUT2D eigenvalue weighted by Crippen LogP contribution is -2.42. The van der Waals surface area contributed by atoms with Crippen LogP contribution in [0.5, 0.6) is 0 Å². The topological polar surface area (TPSA) is 31.8 Å². The van der Waals surface area contributed by atoms with E-state index in [1.165, 1.54) is 42.5 Å². The van der Waals surface area contributed by atoms with Crippen LogP contribution in [-0.2, 0) is 11.3 Å². The lowest BCUT2D eigenvalue weighted by Gasteiger charge is -2.35. The third-order valence-corrected chi connectivity index (χ3v) is 6.23. The zero-order chi connectivity index (χ0) is 14.9. The Morgan fingerprint density at radius 3 is 2.95 bits per heavy atom. The van der Waals surface area contributed by atoms with E-state index in [1.807, 2.05) is 11.3 Å². The summed E-state index contributed by atoms with van der Waals surface area (Å²) in [6.07, 6.45) is 4.87. The van der Waals surface area contributed by atoms with Gasteiger partial charge in [-0.25, -0.2) is 4.98 Å². The van der Waals surface area contributed by atoms with Gasteiger partial charge in [0.2, 0.25) is 0 Å². The molecule has 0 aromatic carbocycles. The zero-order valence-electron chi connectivity index (χ0n) is 13.4. The Morgan fingerprint density at radius 1 is 1.23 bits per heavy atom. The van der Waals surface area contributed by atoms with Gasteiger partial charge in [-0.05, 0) is 25.8 Å². The molecule has 0 N–H and O–H groups in total. The maximum atomic E-state index is 5.43. The molecule has 2 atom stereocenters. The minimum Gasteiger partial charge on any atom is -0.378 e. The Bertz CT molecular complexity index is 502. The van der Waals surface area contributed by atoms with Gasteiger partial charge in [0, 0.05) is 56.4 Å². The van der Waals surface area contributed by atoms with E-state index in [0.717, 1.165) is 44.8 Å². The molecule has 22 heavy (non-hydrogen) atoms. The predicted octanol–water partition coefficient (Wildman–Crippen LogP) is 1.51. The van der Waals surface area contributed by atoms with Crippen LogP contribution in [0.15, 0.2) is 6.20 Å². The summed E-state index contributed by atoms with van der Waals surface area (Å²) in [7, 11) is 2.28. The van der Waals surface area contributed by atoms with E-state index in [9.17, 15) is 0 Å². The van der Waals surface area contributed by atoms with Gasteiger partial charge >= 0.3 is 0 Å². The van der Waals surface area contributed by atoms with Crippen LogP contribution in [0.2, 0.25) is 0 Å². The maximum Gasteiger partial charge on any atom is 0.185 e. The molecular weight excluding hydrogens is 296 g/mol. The van der Waals surface area contributed by atoms with Crippen LogP contribution in [0.3, 0.4) is 0 Å². The molecule has 1 aromatic rings. The number of morpholine rings is 1. The Kier molecular flexibility index (Phi) is 4.35. The summed E-state index contributed by atoms with van der Waals surface area (Å²) in [6, 6.07) is 0.734. The fourth-order valence-electron chi connectivity index (χ4n) is 4.08. The van der Waals surface area contributed by atoms with Crippen molar-refractivity contribution in [3.05, 3.63) is 11.1 Å². The average Bonchev–Trinajstić information content (AvgIpc) is 2.85. The zero-order valence-corrected chi connectivity index (χ0v) is 14.2. The van der Waals surface area contributed by atoms with Crippen LogP contribution in [0.25, 0.3) is 0 Å². The summed E-state index contributed by atoms with van der Waals surface area (Å²) in [4.78, 5) is 13.7. The van der Waals surface area contributed by atoms with E-state index in [4.69, 9.17) is 4.74 Å². The molecule has 4 fully saturated rings. The van der Waals surface area contributed by atoms with Gasteiger partial charge in [0.25, 0.3) is 0 Å². The smallest absolute Gasteiger partial charge is 0.185 e. The van der Waals surface area contributed by atoms with Crippen molar-refractivity contribution >= 4 is 16.5 Å².